The van der Waals surface area contributed by atoms with Crippen LogP contribution in [0, 0.1) is 5.92 Å². The maximum Gasteiger partial charge on any atom is 0.0956 e. The molecule has 0 aromatic heterocycles. The topological polar surface area (TPSA) is 9.23 Å². The van der Waals surface area contributed by atoms with Gasteiger partial charge in [-0.05, 0) is 19.3 Å². The zero-order valence-corrected chi connectivity index (χ0v) is 6.18. The van der Waals surface area contributed by atoms with Crippen LogP contribution < -0.4 is 0 Å². The van der Waals surface area contributed by atoms with Crippen LogP contribution in [0.5, 0.6) is 0 Å². The van der Waals surface area contributed by atoms with Crippen LogP contribution in [0.2, 0.25) is 0 Å². The van der Waals surface area contributed by atoms with E-state index in [9.17, 15) is 0 Å². The molecule has 1 nitrogen and oxygen atoms in total. The monoisotopic (exact) mass is 126 g/mol. The summed E-state index contributed by atoms with van der Waals surface area (Å²) in [5.41, 5.74) is 0. The number of ether oxygens (including phenoxy) is 1. The molecule has 2 atom stereocenters. The lowest BCUT2D eigenvalue weighted by molar-refractivity contribution is 0.0654. The molecule has 1 heterocycles. The highest BCUT2D eigenvalue weighted by Gasteiger charge is 2.17. The quantitative estimate of drug-likeness (QED) is 0.484. The standard InChI is InChI=1S/C8H14O/c1-6-4-7(2)9-8(3)5-6/h6,8H,2,4-5H2,1,3H3/t6?,8-/m0/s1. The molecule has 1 aliphatic rings. The van der Waals surface area contributed by atoms with E-state index in [-0.39, 0.29) is 0 Å². The molecule has 1 fully saturated rings. The number of rotatable bonds is 0. The molecule has 52 valence electrons. The van der Waals surface area contributed by atoms with Gasteiger partial charge in [0.15, 0.2) is 0 Å². The van der Waals surface area contributed by atoms with E-state index in [4.69, 9.17) is 4.74 Å². The average molecular weight is 126 g/mol. The van der Waals surface area contributed by atoms with Crippen LogP contribution in [0.3, 0.4) is 0 Å². The lowest BCUT2D eigenvalue weighted by Crippen LogP contribution is -2.19. The lowest BCUT2D eigenvalue weighted by atomic mass is 9.97. The normalized spacial score (nSPS) is 36.0. The van der Waals surface area contributed by atoms with Gasteiger partial charge in [0.25, 0.3) is 0 Å². The summed E-state index contributed by atoms with van der Waals surface area (Å²) in [4.78, 5) is 0. The van der Waals surface area contributed by atoms with E-state index in [0.29, 0.717) is 6.10 Å². The molecule has 0 aliphatic carbocycles. The molecule has 0 bridgehead atoms. The smallest absolute Gasteiger partial charge is 0.0956 e. The summed E-state index contributed by atoms with van der Waals surface area (Å²) in [5.74, 6) is 1.72. The minimum atomic E-state index is 0.390. The number of hydrogen-bond acceptors (Lipinski definition) is 1. The molecular formula is C8H14O. The highest BCUT2D eigenvalue weighted by Crippen LogP contribution is 2.25. The van der Waals surface area contributed by atoms with Crippen LogP contribution in [0.25, 0.3) is 0 Å². The van der Waals surface area contributed by atoms with Crippen LogP contribution in [0.15, 0.2) is 12.3 Å². The Morgan fingerprint density at radius 2 is 2.22 bits per heavy atom. The highest BCUT2D eigenvalue weighted by molar-refractivity contribution is 4.89. The van der Waals surface area contributed by atoms with Gasteiger partial charge in [-0.15, -0.1) is 0 Å². The van der Waals surface area contributed by atoms with Gasteiger partial charge in [0, 0.05) is 6.42 Å². The van der Waals surface area contributed by atoms with Crippen molar-refractivity contribution in [1.29, 1.82) is 0 Å². The Bertz CT molecular complexity index is 106. The largest absolute Gasteiger partial charge is 0.496 e. The fourth-order valence-corrected chi connectivity index (χ4v) is 1.42. The molecule has 1 rings (SSSR count). The Balaban J connectivity index is 2.43. The summed E-state index contributed by atoms with van der Waals surface area (Å²) >= 11 is 0. The summed E-state index contributed by atoms with van der Waals surface area (Å²) < 4.78 is 5.36. The summed E-state index contributed by atoms with van der Waals surface area (Å²) in [7, 11) is 0. The zero-order chi connectivity index (χ0) is 6.85. The SMILES string of the molecule is C=C1CC(C)C[C@H](C)O1. The molecule has 0 spiro atoms. The van der Waals surface area contributed by atoms with Gasteiger partial charge in [-0.25, -0.2) is 0 Å². The van der Waals surface area contributed by atoms with Gasteiger partial charge in [-0.2, -0.15) is 0 Å². The first-order valence-electron chi connectivity index (χ1n) is 3.53. The second-order valence-corrected chi connectivity index (χ2v) is 3.01. The van der Waals surface area contributed by atoms with Crippen molar-refractivity contribution in [2.45, 2.75) is 32.8 Å². The van der Waals surface area contributed by atoms with Crippen LogP contribution >= 0.6 is 0 Å². The Kier molecular flexibility index (Phi) is 1.79. The van der Waals surface area contributed by atoms with Gasteiger partial charge in [-0.1, -0.05) is 13.5 Å². The van der Waals surface area contributed by atoms with Crippen molar-refractivity contribution in [3.63, 3.8) is 0 Å². The molecule has 0 aromatic rings. The Labute approximate surface area is 56.7 Å². The Morgan fingerprint density at radius 3 is 2.67 bits per heavy atom. The van der Waals surface area contributed by atoms with Gasteiger partial charge in [-0.3, -0.25) is 0 Å². The third-order valence-electron chi connectivity index (χ3n) is 1.68. The Hall–Kier alpha value is -0.460. The van der Waals surface area contributed by atoms with Crippen LogP contribution in [-0.2, 0) is 4.74 Å². The van der Waals surface area contributed by atoms with E-state index in [2.05, 4.69) is 20.4 Å². The second kappa shape index (κ2) is 2.42. The van der Waals surface area contributed by atoms with Crippen LogP contribution in [-0.4, -0.2) is 6.10 Å². The van der Waals surface area contributed by atoms with Crippen molar-refractivity contribution in [2.24, 2.45) is 5.92 Å². The minimum absolute atomic E-state index is 0.390. The van der Waals surface area contributed by atoms with Gasteiger partial charge in [0.05, 0.1) is 11.9 Å². The first kappa shape index (κ1) is 6.66. The maximum absolute atomic E-state index is 5.36. The van der Waals surface area contributed by atoms with Gasteiger partial charge >= 0.3 is 0 Å². The third-order valence-corrected chi connectivity index (χ3v) is 1.68. The van der Waals surface area contributed by atoms with Gasteiger partial charge in [0.1, 0.15) is 0 Å². The molecule has 1 aliphatic heterocycles. The molecule has 0 amide bonds. The lowest BCUT2D eigenvalue weighted by Gasteiger charge is -2.26. The van der Waals surface area contributed by atoms with Crippen molar-refractivity contribution < 1.29 is 4.74 Å². The van der Waals surface area contributed by atoms with E-state index in [1.807, 2.05) is 0 Å². The molecule has 0 N–H and O–H groups in total. The summed E-state index contributed by atoms with van der Waals surface area (Å²) in [6.07, 6.45) is 2.62. The fourth-order valence-electron chi connectivity index (χ4n) is 1.42. The number of hydrogen-bond donors (Lipinski definition) is 0. The van der Waals surface area contributed by atoms with Gasteiger partial charge < -0.3 is 4.74 Å². The van der Waals surface area contributed by atoms with E-state index in [0.717, 1.165) is 18.1 Å². The average Bonchev–Trinajstić information content (AvgIpc) is 1.59. The summed E-state index contributed by atoms with van der Waals surface area (Å²) in [6.45, 7) is 8.13. The van der Waals surface area contributed by atoms with E-state index in [1.165, 1.54) is 6.42 Å². The zero-order valence-electron chi connectivity index (χ0n) is 6.18. The van der Waals surface area contributed by atoms with Crippen molar-refractivity contribution in [3.05, 3.63) is 12.3 Å². The number of allylic oxidation sites excluding steroid dienone is 1. The third kappa shape index (κ3) is 1.74. The molecule has 1 unspecified atom stereocenters. The molecule has 1 saturated heterocycles. The van der Waals surface area contributed by atoms with Crippen molar-refractivity contribution in [3.8, 4) is 0 Å². The fraction of sp³-hybridized carbons (Fsp3) is 0.750. The molecule has 0 radical (unpaired) electrons. The van der Waals surface area contributed by atoms with E-state index >= 15 is 0 Å². The van der Waals surface area contributed by atoms with Crippen molar-refractivity contribution >= 4 is 0 Å². The van der Waals surface area contributed by atoms with Crippen molar-refractivity contribution in [2.75, 3.05) is 0 Å². The van der Waals surface area contributed by atoms with Crippen molar-refractivity contribution in [1.82, 2.24) is 0 Å². The molecule has 9 heavy (non-hydrogen) atoms. The second-order valence-electron chi connectivity index (χ2n) is 3.01. The molecule has 0 saturated carbocycles. The first-order valence-corrected chi connectivity index (χ1v) is 3.53. The Morgan fingerprint density at radius 1 is 1.56 bits per heavy atom. The maximum atomic E-state index is 5.36. The first-order chi connectivity index (χ1) is 4.18. The van der Waals surface area contributed by atoms with Crippen LogP contribution in [0.1, 0.15) is 26.7 Å². The summed E-state index contributed by atoms with van der Waals surface area (Å²) in [5, 5.41) is 0. The predicted octanol–water partition coefficient (Wildman–Crippen LogP) is 2.34. The van der Waals surface area contributed by atoms with Crippen LogP contribution in [0.4, 0.5) is 0 Å². The molecule has 1 heteroatoms. The van der Waals surface area contributed by atoms with E-state index < -0.39 is 0 Å². The van der Waals surface area contributed by atoms with Gasteiger partial charge in [0.2, 0.25) is 0 Å². The summed E-state index contributed by atoms with van der Waals surface area (Å²) in [6, 6.07) is 0. The molecule has 0 aromatic carbocycles. The predicted molar refractivity (Wildman–Crippen MR) is 38.1 cm³/mol. The highest BCUT2D eigenvalue weighted by atomic mass is 16.5. The van der Waals surface area contributed by atoms with E-state index in [1.54, 1.807) is 0 Å². The molecular weight excluding hydrogens is 112 g/mol. The minimum Gasteiger partial charge on any atom is -0.496 e.